The van der Waals surface area contributed by atoms with Crippen LogP contribution in [0.5, 0.6) is 5.88 Å². The van der Waals surface area contributed by atoms with Crippen LogP contribution >= 0.6 is 0 Å². The molecule has 0 aliphatic carbocycles. The van der Waals surface area contributed by atoms with Gasteiger partial charge in [0.15, 0.2) is 9.84 Å². The molecule has 0 amide bonds. The van der Waals surface area contributed by atoms with Crippen LogP contribution in [0.25, 0.3) is 44.4 Å². The first kappa shape index (κ1) is 25.5. The second kappa shape index (κ2) is 9.65. The van der Waals surface area contributed by atoms with Crippen LogP contribution in [-0.4, -0.2) is 31.8 Å². The van der Waals surface area contributed by atoms with Crippen LogP contribution in [-0.2, 0) is 14.6 Å². The highest BCUT2D eigenvalue weighted by Gasteiger charge is 2.33. The van der Waals surface area contributed by atoms with Crippen LogP contribution in [0.2, 0.25) is 0 Å². The maximum Gasteiger partial charge on any atom is 0.213 e. The van der Waals surface area contributed by atoms with E-state index < -0.39 is 14.6 Å². The molecule has 2 heterocycles. The van der Waals surface area contributed by atoms with Gasteiger partial charge < -0.3 is 4.74 Å². The molecule has 0 aliphatic rings. The predicted molar refractivity (Wildman–Crippen MR) is 150 cm³/mol. The fourth-order valence-electron chi connectivity index (χ4n) is 4.45. The Morgan fingerprint density at radius 3 is 2.26 bits per heavy atom. The van der Waals surface area contributed by atoms with E-state index in [2.05, 4.69) is 4.98 Å². The Balaban J connectivity index is 1.73. The molecule has 5 nitrogen and oxygen atoms in total. The first-order valence-corrected chi connectivity index (χ1v) is 14.0. The summed E-state index contributed by atoms with van der Waals surface area (Å²) in [6, 6.07) is 25.4. The molecule has 38 heavy (non-hydrogen) atoms. The number of methoxy groups -OCH3 is 1. The summed E-state index contributed by atoms with van der Waals surface area (Å²) in [4.78, 5) is 9.36. The molecule has 0 radical (unpaired) electrons. The second-order valence-electron chi connectivity index (χ2n) is 9.72. The van der Waals surface area contributed by atoms with Gasteiger partial charge in [0.25, 0.3) is 0 Å². The molecule has 0 aliphatic heterocycles. The number of nitrogens with zero attached hydrogens (tertiary/aromatic N) is 2. The molecular formula is C31H27FN2O3S. The zero-order chi connectivity index (χ0) is 27.1. The minimum atomic E-state index is -3.39. The zero-order valence-corrected chi connectivity index (χ0v) is 22.4. The molecule has 0 atom stereocenters. The Kier molecular flexibility index (Phi) is 6.49. The summed E-state index contributed by atoms with van der Waals surface area (Å²) < 4.78 is 43.3. The molecule has 7 heteroatoms. The van der Waals surface area contributed by atoms with Gasteiger partial charge in [-0.05, 0) is 73.0 Å². The first-order chi connectivity index (χ1) is 18.1. The highest BCUT2D eigenvalue weighted by molar-refractivity contribution is 7.91. The lowest BCUT2D eigenvalue weighted by Crippen LogP contribution is -2.28. The van der Waals surface area contributed by atoms with Gasteiger partial charge in [0.05, 0.1) is 23.1 Å². The molecule has 3 aromatic carbocycles. The Labute approximate surface area is 221 Å². The predicted octanol–water partition coefficient (Wildman–Crippen LogP) is 7.06. The van der Waals surface area contributed by atoms with Gasteiger partial charge >= 0.3 is 0 Å². The molecular weight excluding hydrogens is 499 g/mol. The summed E-state index contributed by atoms with van der Waals surface area (Å²) in [6.45, 7) is 3.43. The van der Waals surface area contributed by atoms with Crippen molar-refractivity contribution >= 4 is 20.7 Å². The molecule has 0 fully saturated rings. The zero-order valence-electron chi connectivity index (χ0n) is 21.6. The second-order valence-corrected chi connectivity index (χ2v) is 12.3. The van der Waals surface area contributed by atoms with Gasteiger partial charge in [0.1, 0.15) is 5.82 Å². The van der Waals surface area contributed by atoms with E-state index in [1.54, 1.807) is 45.4 Å². The molecule has 0 unspecified atom stereocenters. The minimum absolute atomic E-state index is 0.310. The van der Waals surface area contributed by atoms with E-state index in [4.69, 9.17) is 9.72 Å². The third-order valence-corrected chi connectivity index (χ3v) is 9.10. The van der Waals surface area contributed by atoms with Gasteiger partial charge in [0, 0.05) is 40.6 Å². The molecule has 0 bridgehead atoms. The SMILES string of the molecule is COc1ccc(-c2ccc(F)cc2)c(-c2cccc(-c3cc(C(C)(C)S(C)(=O)=O)cc4cccnc34)c2)n1. The fourth-order valence-corrected chi connectivity index (χ4v) is 4.99. The van der Waals surface area contributed by atoms with Crippen LogP contribution in [0.1, 0.15) is 19.4 Å². The summed E-state index contributed by atoms with van der Waals surface area (Å²) in [5, 5.41) is 0.855. The molecule has 5 rings (SSSR count). The van der Waals surface area contributed by atoms with Crippen molar-refractivity contribution in [2.24, 2.45) is 0 Å². The molecule has 5 aromatic rings. The highest BCUT2D eigenvalue weighted by atomic mass is 32.2. The number of sulfone groups is 1. The topological polar surface area (TPSA) is 69.2 Å². The van der Waals surface area contributed by atoms with Crippen LogP contribution < -0.4 is 4.74 Å². The van der Waals surface area contributed by atoms with Crippen molar-refractivity contribution in [2.75, 3.05) is 13.4 Å². The van der Waals surface area contributed by atoms with Crippen molar-refractivity contribution in [3.63, 3.8) is 0 Å². The van der Waals surface area contributed by atoms with Crippen molar-refractivity contribution in [3.8, 4) is 39.4 Å². The van der Waals surface area contributed by atoms with Crippen molar-refractivity contribution in [1.82, 2.24) is 9.97 Å². The number of aromatic nitrogens is 2. The number of rotatable bonds is 6. The van der Waals surface area contributed by atoms with Crippen molar-refractivity contribution in [1.29, 1.82) is 0 Å². The maximum absolute atomic E-state index is 13.6. The standard InChI is InChI=1S/C31H27FN2O3S/c1-31(2,38(4,35)36)24-18-23-9-6-16-33-29(23)27(19-24)21-7-5-8-22(17-21)30-26(14-15-28(34-30)37-3)20-10-12-25(32)13-11-20/h5-19H,1-4H3. The Morgan fingerprint density at radius 2 is 1.55 bits per heavy atom. The largest absolute Gasteiger partial charge is 0.481 e. The van der Waals surface area contributed by atoms with Crippen LogP contribution in [0.15, 0.2) is 91.1 Å². The van der Waals surface area contributed by atoms with E-state index in [0.717, 1.165) is 38.7 Å². The quantitative estimate of drug-likeness (QED) is 0.237. The van der Waals surface area contributed by atoms with Gasteiger partial charge in [-0.2, -0.15) is 0 Å². The van der Waals surface area contributed by atoms with Crippen LogP contribution in [0.3, 0.4) is 0 Å². The van der Waals surface area contributed by atoms with Gasteiger partial charge in [-0.3, -0.25) is 4.98 Å². The van der Waals surface area contributed by atoms with Crippen LogP contribution in [0.4, 0.5) is 4.39 Å². The fraction of sp³-hybridized carbons (Fsp3) is 0.161. The van der Waals surface area contributed by atoms with Crippen molar-refractivity contribution in [2.45, 2.75) is 18.6 Å². The lowest BCUT2D eigenvalue weighted by Gasteiger charge is -2.24. The number of hydrogen-bond acceptors (Lipinski definition) is 5. The van der Waals surface area contributed by atoms with E-state index >= 15 is 0 Å². The number of pyridine rings is 2. The van der Waals surface area contributed by atoms with E-state index in [0.29, 0.717) is 17.1 Å². The van der Waals surface area contributed by atoms with E-state index in [-0.39, 0.29) is 5.82 Å². The number of ether oxygens (including phenoxy) is 1. The summed E-state index contributed by atoms with van der Waals surface area (Å²) in [5.41, 5.74) is 6.32. The van der Waals surface area contributed by atoms with E-state index in [9.17, 15) is 12.8 Å². The van der Waals surface area contributed by atoms with Gasteiger partial charge in [-0.1, -0.05) is 36.4 Å². The first-order valence-electron chi connectivity index (χ1n) is 12.1. The number of hydrogen-bond donors (Lipinski definition) is 0. The third kappa shape index (κ3) is 4.65. The lowest BCUT2D eigenvalue weighted by atomic mass is 9.92. The lowest BCUT2D eigenvalue weighted by molar-refractivity contribution is 0.398. The van der Waals surface area contributed by atoms with Crippen LogP contribution in [0, 0.1) is 5.82 Å². The molecule has 0 N–H and O–H groups in total. The van der Waals surface area contributed by atoms with E-state index in [1.165, 1.54) is 18.4 Å². The molecule has 2 aromatic heterocycles. The van der Waals surface area contributed by atoms with Crippen molar-refractivity contribution in [3.05, 3.63) is 103 Å². The van der Waals surface area contributed by atoms with Gasteiger partial charge in [0.2, 0.25) is 5.88 Å². The molecule has 192 valence electrons. The smallest absolute Gasteiger partial charge is 0.213 e. The molecule has 0 saturated carbocycles. The highest BCUT2D eigenvalue weighted by Crippen LogP contribution is 2.39. The molecule has 0 saturated heterocycles. The summed E-state index contributed by atoms with van der Waals surface area (Å²) in [5.74, 6) is 0.148. The average Bonchev–Trinajstić information content (AvgIpc) is 2.92. The van der Waals surface area contributed by atoms with E-state index in [1.807, 2.05) is 54.6 Å². The van der Waals surface area contributed by atoms with Crippen molar-refractivity contribution < 1.29 is 17.5 Å². The third-order valence-electron chi connectivity index (χ3n) is 7.01. The number of halogens is 1. The summed E-state index contributed by atoms with van der Waals surface area (Å²) in [6.07, 6.45) is 2.99. The monoisotopic (exact) mass is 526 g/mol. The minimum Gasteiger partial charge on any atom is -0.481 e. The maximum atomic E-state index is 13.6. The van der Waals surface area contributed by atoms with Gasteiger partial charge in [-0.15, -0.1) is 0 Å². The molecule has 0 spiro atoms. The number of benzene rings is 3. The number of fused-ring (bicyclic) bond motifs is 1. The summed E-state index contributed by atoms with van der Waals surface area (Å²) >= 11 is 0. The Morgan fingerprint density at radius 1 is 0.816 bits per heavy atom. The van der Waals surface area contributed by atoms with Gasteiger partial charge in [-0.25, -0.2) is 17.8 Å². The summed E-state index contributed by atoms with van der Waals surface area (Å²) in [7, 11) is -1.83. The normalized spacial score (nSPS) is 12.0. The Hall–Kier alpha value is -4.10. The average molecular weight is 527 g/mol. The Bertz CT molecular complexity index is 1760.